The highest BCUT2D eigenvalue weighted by atomic mass is 127. The molecule has 2 nitrogen and oxygen atoms in total. The Labute approximate surface area is 101 Å². The fraction of sp³-hybridized carbons (Fsp3) is 0.100. The van der Waals surface area contributed by atoms with Gasteiger partial charge in [0.15, 0.2) is 0 Å². The third-order valence-corrected chi connectivity index (χ3v) is 2.55. The van der Waals surface area contributed by atoms with Gasteiger partial charge >= 0.3 is 0 Å². The van der Waals surface area contributed by atoms with Crippen LogP contribution in [0.4, 0.5) is 5.69 Å². The number of halogens is 2. The first-order valence-corrected chi connectivity index (χ1v) is 5.28. The molecule has 0 radical (unpaired) electrons. The lowest BCUT2D eigenvalue weighted by molar-refractivity contribution is -0.111. The van der Waals surface area contributed by atoms with Crippen molar-refractivity contribution in [2.24, 2.45) is 0 Å². The van der Waals surface area contributed by atoms with Crippen molar-refractivity contribution in [3.63, 3.8) is 0 Å². The van der Waals surface area contributed by atoms with Gasteiger partial charge in [0.05, 0.1) is 5.69 Å². The van der Waals surface area contributed by atoms with Crippen LogP contribution in [0.15, 0.2) is 18.2 Å². The van der Waals surface area contributed by atoms with Crippen molar-refractivity contribution in [1.29, 1.82) is 0 Å². The van der Waals surface area contributed by atoms with E-state index in [4.69, 9.17) is 11.6 Å². The molecule has 0 spiro atoms. The number of rotatable bonds is 1. The molecule has 1 N–H and O–H groups in total. The van der Waals surface area contributed by atoms with Crippen molar-refractivity contribution in [2.75, 3.05) is 5.32 Å². The summed E-state index contributed by atoms with van der Waals surface area (Å²) in [6, 6.07) is 5.25. The number of anilines is 1. The lowest BCUT2D eigenvalue weighted by Crippen LogP contribution is -2.09. The van der Waals surface area contributed by atoms with Gasteiger partial charge in [-0.3, -0.25) is 4.79 Å². The van der Waals surface area contributed by atoms with Crippen LogP contribution in [0.1, 0.15) is 6.92 Å². The van der Waals surface area contributed by atoms with E-state index in [-0.39, 0.29) is 5.91 Å². The van der Waals surface area contributed by atoms with Crippen molar-refractivity contribution in [1.82, 2.24) is 0 Å². The second-order valence-electron chi connectivity index (χ2n) is 2.45. The van der Waals surface area contributed by atoms with Gasteiger partial charge < -0.3 is 5.32 Å². The van der Waals surface area contributed by atoms with E-state index in [2.05, 4.69) is 39.7 Å². The maximum atomic E-state index is 11.1. The van der Waals surface area contributed by atoms with Gasteiger partial charge in [-0.05, 0) is 53.6 Å². The molecule has 0 aliphatic rings. The summed E-state index contributed by atoms with van der Waals surface area (Å²) in [6.07, 6.45) is 0. The summed E-state index contributed by atoms with van der Waals surface area (Å²) >= 11 is 7.87. The minimum Gasteiger partial charge on any atom is -0.314 e. The Kier molecular flexibility index (Phi) is 4.23. The molecule has 0 saturated heterocycles. The topological polar surface area (TPSA) is 29.1 Å². The molecule has 0 aliphatic carbocycles. The van der Waals surface area contributed by atoms with Crippen LogP contribution in [-0.4, -0.2) is 5.91 Å². The summed E-state index contributed by atoms with van der Waals surface area (Å²) in [6.45, 7) is 1.62. The Morgan fingerprint density at radius 2 is 2.29 bits per heavy atom. The van der Waals surface area contributed by atoms with Gasteiger partial charge in [-0.2, -0.15) is 0 Å². The van der Waals surface area contributed by atoms with Crippen LogP contribution >= 0.6 is 34.2 Å². The van der Waals surface area contributed by atoms with Crippen LogP contribution in [-0.2, 0) is 4.79 Å². The Balaban J connectivity index is 2.85. The fourth-order valence-electron chi connectivity index (χ4n) is 0.858. The van der Waals surface area contributed by atoms with Crippen LogP contribution in [0.25, 0.3) is 0 Å². The molecule has 0 unspecified atom stereocenters. The lowest BCUT2D eigenvalue weighted by atomic mass is 10.3. The number of carbonyl (C=O) groups excluding carboxylic acids is 1. The predicted octanol–water partition coefficient (Wildman–Crippen LogP) is 2.91. The minimum absolute atomic E-state index is 0.312. The van der Waals surface area contributed by atoms with E-state index in [1.807, 2.05) is 0 Å². The number of hydrogen-bond acceptors (Lipinski definition) is 1. The monoisotopic (exact) mass is 319 g/mol. The summed E-state index contributed by atoms with van der Waals surface area (Å²) < 4.78 is 0.890. The van der Waals surface area contributed by atoms with Crippen molar-refractivity contribution >= 4 is 45.8 Å². The SMILES string of the molecule is CC#CC(=O)Nc1ccc(Cl)cc1I. The molecule has 0 saturated carbocycles. The Hall–Kier alpha value is -0.730. The van der Waals surface area contributed by atoms with Gasteiger partial charge in [0, 0.05) is 8.59 Å². The summed E-state index contributed by atoms with van der Waals surface area (Å²) in [5.41, 5.74) is 0.725. The maximum absolute atomic E-state index is 11.1. The molecule has 0 fully saturated rings. The molecule has 1 rings (SSSR count). The molecule has 0 aromatic heterocycles. The van der Waals surface area contributed by atoms with E-state index in [1.165, 1.54) is 0 Å². The molecular weight excluding hydrogens is 312 g/mol. The van der Waals surface area contributed by atoms with Gasteiger partial charge in [0.1, 0.15) is 0 Å². The number of nitrogens with one attached hydrogen (secondary N) is 1. The van der Waals surface area contributed by atoms with Crippen LogP contribution < -0.4 is 5.32 Å². The predicted molar refractivity (Wildman–Crippen MR) is 66.2 cm³/mol. The molecule has 72 valence electrons. The van der Waals surface area contributed by atoms with Crippen LogP contribution in [0.5, 0.6) is 0 Å². The standard InChI is InChI=1S/C10H7ClINO/c1-2-3-10(14)13-9-5-4-7(11)6-8(9)12/h4-6H,1H3,(H,13,14). The van der Waals surface area contributed by atoms with E-state index < -0.39 is 0 Å². The smallest absolute Gasteiger partial charge is 0.300 e. The summed E-state index contributed by atoms with van der Waals surface area (Å²) in [5.74, 6) is 4.62. The van der Waals surface area contributed by atoms with E-state index in [0.717, 1.165) is 9.26 Å². The second kappa shape index (κ2) is 5.23. The van der Waals surface area contributed by atoms with Crippen molar-refractivity contribution in [2.45, 2.75) is 6.92 Å². The zero-order valence-electron chi connectivity index (χ0n) is 7.40. The van der Waals surface area contributed by atoms with Gasteiger partial charge in [0.25, 0.3) is 5.91 Å². The van der Waals surface area contributed by atoms with Crippen molar-refractivity contribution in [3.05, 3.63) is 26.8 Å². The second-order valence-corrected chi connectivity index (χ2v) is 4.05. The first kappa shape index (κ1) is 11.3. The Morgan fingerprint density at radius 1 is 1.57 bits per heavy atom. The zero-order chi connectivity index (χ0) is 10.6. The number of hydrogen-bond donors (Lipinski definition) is 1. The quantitative estimate of drug-likeness (QED) is 0.626. The fourth-order valence-corrected chi connectivity index (χ4v) is 1.86. The largest absolute Gasteiger partial charge is 0.314 e. The van der Waals surface area contributed by atoms with E-state index >= 15 is 0 Å². The van der Waals surface area contributed by atoms with E-state index in [9.17, 15) is 4.79 Å². The van der Waals surface area contributed by atoms with E-state index in [1.54, 1.807) is 25.1 Å². The average molecular weight is 320 g/mol. The zero-order valence-corrected chi connectivity index (χ0v) is 10.3. The molecule has 1 aromatic rings. The first-order chi connectivity index (χ1) is 6.63. The van der Waals surface area contributed by atoms with Crippen molar-refractivity contribution in [3.8, 4) is 11.8 Å². The van der Waals surface area contributed by atoms with E-state index in [0.29, 0.717) is 5.02 Å². The maximum Gasteiger partial charge on any atom is 0.300 e. The Bertz CT molecular complexity index is 420. The highest BCUT2D eigenvalue weighted by Crippen LogP contribution is 2.21. The third-order valence-electron chi connectivity index (χ3n) is 1.42. The van der Waals surface area contributed by atoms with Crippen molar-refractivity contribution < 1.29 is 4.79 Å². The average Bonchev–Trinajstić information content (AvgIpc) is 2.10. The van der Waals surface area contributed by atoms with Gasteiger partial charge in [0.2, 0.25) is 0 Å². The molecule has 4 heteroatoms. The highest BCUT2D eigenvalue weighted by Gasteiger charge is 2.02. The number of benzene rings is 1. The number of amides is 1. The van der Waals surface area contributed by atoms with Crippen LogP contribution in [0.3, 0.4) is 0 Å². The lowest BCUT2D eigenvalue weighted by Gasteiger charge is -2.03. The number of carbonyl (C=O) groups is 1. The molecule has 0 bridgehead atoms. The van der Waals surface area contributed by atoms with Gasteiger partial charge in [-0.1, -0.05) is 17.5 Å². The minimum atomic E-state index is -0.312. The molecule has 0 heterocycles. The van der Waals surface area contributed by atoms with Gasteiger partial charge in [-0.15, -0.1) is 0 Å². The van der Waals surface area contributed by atoms with Crippen LogP contribution in [0.2, 0.25) is 5.02 Å². The van der Waals surface area contributed by atoms with Gasteiger partial charge in [-0.25, -0.2) is 0 Å². The third kappa shape index (κ3) is 3.20. The molecule has 1 amide bonds. The summed E-state index contributed by atoms with van der Waals surface area (Å²) in [7, 11) is 0. The Morgan fingerprint density at radius 3 is 2.86 bits per heavy atom. The molecule has 0 aliphatic heterocycles. The highest BCUT2D eigenvalue weighted by molar-refractivity contribution is 14.1. The summed E-state index contributed by atoms with van der Waals surface area (Å²) in [5, 5.41) is 3.31. The molecule has 0 atom stereocenters. The first-order valence-electron chi connectivity index (χ1n) is 3.82. The molecule has 1 aromatic carbocycles. The van der Waals surface area contributed by atoms with Crippen LogP contribution in [0, 0.1) is 15.4 Å². The molecular formula is C10H7ClINO. The molecule has 14 heavy (non-hydrogen) atoms. The normalized spacial score (nSPS) is 8.79. The summed E-state index contributed by atoms with van der Waals surface area (Å²) in [4.78, 5) is 11.1.